The summed E-state index contributed by atoms with van der Waals surface area (Å²) in [7, 11) is 0. The first-order valence-corrected chi connectivity index (χ1v) is 9.70. The van der Waals surface area contributed by atoms with Crippen LogP contribution in [0.4, 0.5) is 5.82 Å². The fraction of sp³-hybridized carbons (Fsp3) is 0.286. The Labute approximate surface area is 168 Å². The van der Waals surface area contributed by atoms with Crippen LogP contribution in [0.25, 0.3) is 10.9 Å². The van der Waals surface area contributed by atoms with E-state index in [4.69, 9.17) is 17.3 Å². The zero-order valence-electron chi connectivity index (χ0n) is 15.7. The first kappa shape index (κ1) is 18.7. The summed E-state index contributed by atoms with van der Waals surface area (Å²) < 4.78 is 0. The van der Waals surface area contributed by atoms with Gasteiger partial charge in [0, 0.05) is 17.0 Å². The highest BCUT2D eigenvalue weighted by molar-refractivity contribution is 6.30. The molecule has 0 spiro atoms. The van der Waals surface area contributed by atoms with Crippen molar-refractivity contribution in [1.29, 1.82) is 0 Å². The molecule has 3 N–H and O–H groups in total. The van der Waals surface area contributed by atoms with Gasteiger partial charge in [-0.3, -0.25) is 4.79 Å². The number of nitrogens with one attached hydrogen (secondary N) is 1. The van der Waals surface area contributed by atoms with Gasteiger partial charge in [-0.2, -0.15) is 0 Å². The fourth-order valence-electron chi connectivity index (χ4n) is 3.49. The summed E-state index contributed by atoms with van der Waals surface area (Å²) in [6.45, 7) is 4.87. The number of nitrogens with two attached hydrogens (primary N) is 1. The van der Waals surface area contributed by atoms with Gasteiger partial charge in [-0.05, 0) is 56.3 Å². The average molecular weight is 396 g/mol. The minimum atomic E-state index is -0.496. The lowest BCUT2D eigenvalue weighted by atomic mass is 10.0. The Morgan fingerprint density at radius 2 is 1.96 bits per heavy atom. The minimum absolute atomic E-state index is 0.0345. The fourth-order valence-corrected chi connectivity index (χ4v) is 3.62. The molecule has 1 aliphatic rings. The second-order valence-electron chi connectivity index (χ2n) is 7.09. The summed E-state index contributed by atoms with van der Waals surface area (Å²) >= 11 is 6.07. The first-order valence-electron chi connectivity index (χ1n) is 9.33. The summed E-state index contributed by atoms with van der Waals surface area (Å²) in [6.07, 6.45) is 1.23. The van der Waals surface area contributed by atoms with Crippen molar-refractivity contribution in [2.24, 2.45) is 5.73 Å². The number of fused-ring (bicyclic) bond motifs is 1. The molecule has 2 aromatic carbocycles. The van der Waals surface area contributed by atoms with E-state index in [1.807, 2.05) is 37.3 Å². The van der Waals surface area contributed by atoms with Gasteiger partial charge in [0.1, 0.15) is 11.6 Å². The third-order valence-corrected chi connectivity index (χ3v) is 5.33. The Balaban J connectivity index is 1.75. The van der Waals surface area contributed by atoms with Crippen molar-refractivity contribution in [1.82, 2.24) is 14.9 Å². The third kappa shape index (κ3) is 3.79. The summed E-state index contributed by atoms with van der Waals surface area (Å²) in [5.41, 5.74) is 7.64. The maximum atomic E-state index is 11.8. The highest BCUT2D eigenvalue weighted by atomic mass is 35.5. The predicted octanol–water partition coefficient (Wildman–Crippen LogP) is 3.55. The Morgan fingerprint density at radius 3 is 2.61 bits per heavy atom. The number of hydrogen-bond acceptors (Lipinski definition) is 5. The molecule has 1 aromatic heterocycles. The number of likely N-dealkylation sites (tertiary alicyclic amines) is 1. The SMILES string of the molecule is Cc1nc(N[C@H](CN2CCC2)c2ccc(Cl)cc2)c2cccc(C(N)=O)c2n1. The molecule has 0 aliphatic carbocycles. The number of nitrogens with zero attached hydrogens (tertiary/aromatic N) is 3. The lowest BCUT2D eigenvalue weighted by molar-refractivity contribution is 0.100. The number of hydrogen-bond donors (Lipinski definition) is 2. The molecule has 28 heavy (non-hydrogen) atoms. The summed E-state index contributed by atoms with van der Waals surface area (Å²) in [6, 6.07) is 13.3. The van der Waals surface area contributed by atoms with Crippen LogP contribution >= 0.6 is 11.6 Å². The topological polar surface area (TPSA) is 84.1 Å². The van der Waals surface area contributed by atoms with Crippen LogP contribution in [0.15, 0.2) is 42.5 Å². The van der Waals surface area contributed by atoms with E-state index in [1.165, 1.54) is 6.42 Å². The number of amides is 1. The van der Waals surface area contributed by atoms with E-state index < -0.39 is 5.91 Å². The number of primary amides is 1. The van der Waals surface area contributed by atoms with Crippen LogP contribution in [-0.4, -0.2) is 40.4 Å². The first-order chi connectivity index (χ1) is 13.5. The number of anilines is 1. The molecule has 4 rings (SSSR count). The Bertz CT molecular complexity index is 1020. The quantitative estimate of drug-likeness (QED) is 0.666. The van der Waals surface area contributed by atoms with Crippen molar-refractivity contribution in [3.63, 3.8) is 0 Å². The molecular formula is C21H22ClN5O. The van der Waals surface area contributed by atoms with E-state index in [9.17, 15) is 4.79 Å². The van der Waals surface area contributed by atoms with Crippen molar-refractivity contribution >= 4 is 34.2 Å². The molecule has 1 fully saturated rings. The number of rotatable bonds is 6. The van der Waals surface area contributed by atoms with Crippen LogP contribution in [0, 0.1) is 6.92 Å². The Hall–Kier alpha value is -2.70. The van der Waals surface area contributed by atoms with Crippen LogP contribution < -0.4 is 11.1 Å². The third-order valence-electron chi connectivity index (χ3n) is 5.08. The molecule has 0 bridgehead atoms. The van der Waals surface area contributed by atoms with E-state index in [2.05, 4.69) is 20.2 Å². The molecule has 1 saturated heterocycles. The highest BCUT2D eigenvalue weighted by Gasteiger charge is 2.22. The molecule has 0 saturated carbocycles. The normalized spacial score (nSPS) is 15.2. The molecular weight excluding hydrogens is 374 g/mol. The van der Waals surface area contributed by atoms with Crippen molar-refractivity contribution in [2.75, 3.05) is 25.0 Å². The Kier molecular flexibility index (Phi) is 5.15. The van der Waals surface area contributed by atoms with Crippen molar-refractivity contribution < 1.29 is 4.79 Å². The maximum Gasteiger partial charge on any atom is 0.250 e. The van der Waals surface area contributed by atoms with Crippen LogP contribution in [-0.2, 0) is 0 Å². The number of aryl methyl sites for hydroxylation is 1. The predicted molar refractivity (Wildman–Crippen MR) is 112 cm³/mol. The van der Waals surface area contributed by atoms with Gasteiger partial charge in [-0.1, -0.05) is 29.8 Å². The second-order valence-corrected chi connectivity index (χ2v) is 7.52. The van der Waals surface area contributed by atoms with E-state index in [0.717, 1.165) is 30.6 Å². The maximum absolute atomic E-state index is 11.8. The molecule has 7 heteroatoms. The van der Waals surface area contributed by atoms with E-state index in [-0.39, 0.29) is 6.04 Å². The monoisotopic (exact) mass is 395 g/mol. The molecule has 1 amide bonds. The van der Waals surface area contributed by atoms with Crippen molar-refractivity contribution in [3.8, 4) is 0 Å². The van der Waals surface area contributed by atoms with Crippen molar-refractivity contribution in [3.05, 3.63) is 64.4 Å². The van der Waals surface area contributed by atoms with Gasteiger partial charge in [0.05, 0.1) is 17.1 Å². The number of para-hydroxylation sites is 1. The molecule has 1 atom stereocenters. The second kappa shape index (κ2) is 7.73. The van der Waals surface area contributed by atoms with Crippen LogP contribution in [0.1, 0.15) is 34.2 Å². The number of halogens is 1. The van der Waals surface area contributed by atoms with Crippen LogP contribution in [0.3, 0.4) is 0 Å². The van der Waals surface area contributed by atoms with Gasteiger partial charge in [0.25, 0.3) is 5.91 Å². The molecule has 6 nitrogen and oxygen atoms in total. The summed E-state index contributed by atoms with van der Waals surface area (Å²) in [5.74, 6) is 0.790. The standard InChI is InChI=1S/C21H22ClN5O/c1-13-24-19-16(20(23)28)4-2-5-17(19)21(25-13)26-18(12-27-10-3-11-27)14-6-8-15(22)9-7-14/h2,4-9,18H,3,10-12H2,1H3,(H2,23,28)(H,24,25,26)/t18-/m1/s1. The highest BCUT2D eigenvalue weighted by Crippen LogP contribution is 2.28. The zero-order valence-corrected chi connectivity index (χ0v) is 16.4. The molecule has 2 heterocycles. The van der Waals surface area contributed by atoms with Gasteiger partial charge >= 0.3 is 0 Å². The van der Waals surface area contributed by atoms with E-state index >= 15 is 0 Å². The average Bonchev–Trinajstić information content (AvgIpc) is 2.63. The molecule has 1 aliphatic heterocycles. The number of carbonyl (C=O) groups excluding carboxylic acids is 1. The smallest absolute Gasteiger partial charge is 0.250 e. The van der Waals surface area contributed by atoms with Crippen LogP contribution in [0.2, 0.25) is 5.02 Å². The number of benzene rings is 2. The lowest BCUT2D eigenvalue weighted by Gasteiger charge is -2.35. The summed E-state index contributed by atoms with van der Waals surface area (Å²) in [5, 5.41) is 5.07. The summed E-state index contributed by atoms with van der Waals surface area (Å²) in [4.78, 5) is 23.3. The van der Waals surface area contributed by atoms with Gasteiger partial charge < -0.3 is 16.0 Å². The largest absolute Gasteiger partial charge is 0.366 e. The van der Waals surface area contributed by atoms with Gasteiger partial charge in [0.2, 0.25) is 0 Å². The molecule has 0 unspecified atom stereocenters. The zero-order chi connectivity index (χ0) is 19.7. The van der Waals surface area contributed by atoms with Gasteiger partial charge in [-0.15, -0.1) is 0 Å². The minimum Gasteiger partial charge on any atom is -0.366 e. The molecule has 144 valence electrons. The van der Waals surface area contributed by atoms with Gasteiger partial charge in [0.15, 0.2) is 0 Å². The van der Waals surface area contributed by atoms with Gasteiger partial charge in [-0.25, -0.2) is 9.97 Å². The number of carbonyl (C=O) groups is 1. The Morgan fingerprint density at radius 1 is 1.21 bits per heavy atom. The lowest BCUT2D eigenvalue weighted by Crippen LogP contribution is -2.41. The van der Waals surface area contributed by atoms with Crippen molar-refractivity contribution in [2.45, 2.75) is 19.4 Å². The molecule has 0 radical (unpaired) electrons. The number of aromatic nitrogens is 2. The van der Waals surface area contributed by atoms with Crippen LogP contribution in [0.5, 0.6) is 0 Å². The van der Waals surface area contributed by atoms with E-state index in [1.54, 1.807) is 12.1 Å². The molecule has 3 aromatic rings. The van der Waals surface area contributed by atoms with E-state index in [0.29, 0.717) is 27.7 Å².